The van der Waals surface area contributed by atoms with Gasteiger partial charge in [-0.25, -0.2) is 5.43 Å². The number of likely N-dealkylation sites (tertiary alicyclic amines) is 1. The molecule has 1 heterocycles. The summed E-state index contributed by atoms with van der Waals surface area (Å²) in [6, 6.07) is -0.252. The van der Waals surface area contributed by atoms with Crippen LogP contribution < -0.4 is 11.3 Å². The predicted octanol–water partition coefficient (Wildman–Crippen LogP) is 0.241. The summed E-state index contributed by atoms with van der Waals surface area (Å²) < 4.78 is 0. The number of hydrogen-bond donors (Lipinski definition) is 2. The van der Waals surface area contributed by atoms with Crippen molar-refractivity contribution in [3.8, 4) is 0 Å². The molecule has 1 amide bonds. The smallest absolute Gasteiger partial charge is 0.240 e. The van der Waals surface area contributed by atoms with E-state index in [0.29, 0.717) is 0 Å². The van der Waals surface area contributed by atoms with Gasteiger partial charge in [0.2, 0.25) is 5.91 Å². The Bertz CT molecular complexity index is 164. The summed E-state index contributed by atoms with van der Waals surface area (Å²) in [7, 11) is 0. The van der Waals surface area contributed by atoms with E-state index in [1.165, 1.54) is 12.8 Å². The molecule has 0 aromatic heterocycles. The fraction of sp³-hybridized carbons (Fsp3) is 0.889. The minimum absolute atomic E-state index is 0.129. The van der Waals surface area contributed by atoms with E-state index >= 15 is 0 Å². The quantitative estimate of drug-likeness (QED) is 0.478. The zero-order valence-corrected chi connectivity index (χ0v) is 8.25. The molecule has 4 nitrogen and oxygen atoms in total. The Morgan fingerprint density at radius 1 is 1.31 bits per heavy atom. The van der Waals surface area contributed by atoms with Crippen LogP contribution in [0.2, 0.25) is 0 Å². The third-order valence-electron chi connectivity index (χ3n) is 2.54. The van der Waals surface area contributed by atoms with Crippen molar-refractivity contribution in [2.75, 3.05) is 13.1 Å². The summed E-state index contributed by atoms with van der Waals surface area (Å²) in [5.41, 5.74) is 2.49. The predicted molar refractivity (Wildman–Crippen MR) is 51.8 cm³/mol. The van der Waals surface area contributed by atoms with Gasteiger partial charge >= 0.3 is 0 Å². The topological polar surface area (TPSA) is 58.4 Å². The van der Waals surface area contributed by atoms with E-state index in [2.05, 4.69) is 5.43 Å². The molecule has 0 bridgehead atoms. The van der Waals surface area contributed by atoms with Crippen LogP contribution in [0.1, 0.15) is 32.6 Å². The number of nitrogens with one attached hydrogen (secondary N) is 1. The lowest BCUT2D eigenvalue weighted by molar-refractivity contribution is -0.133. The Morgan fingerprint density at radius 3 is 2.31 bits per heavy atom. The zero-order chi connectivity index (χ0) is 9.68. The first-order valence-corrected chi connectivity index (χ1v) is 5.00. The maximum Gasteiger partial charge on any atom is 0.240 e. The molecule has 0 spiro atoms. The van der Waals surface area contributed by atoms with Crippen molar-refractivity contribution in [1.29, 1.82) is 0 Å². The Kier molecular flexibility index (Phi) is 4.18. The van der Waals surface area contributed by atoms with E-state index in [1.807, 2.05) is 4.90 Å². The molecule has 4 heteroatoms. The van der Waals surface area contributed by atoms with Gasteiger partial charge in [-0.05, 0) is 19.8 Å². The molecule has 13 heavy (non-hydrogen) atoms. The van der Waals surface area contributed by atoms with Gasteiger partial charge in [0.1, 0.15) is 0 Å². The SMILES string of the molecule is CC(NN)C(=O)N1CCCCCC1. The van der Waals surface area contributed by atoms with Gasteiger partial charge < -0.3 is 4.90 Å². The van der Waals surface area contributed by atoms with Crippen LogP contribution in [0.15, 0.2) is 0 Å². The van der Waals surface area contributed by atoms with Gasteiger partial charge in [0.15, 0.2) is 0 Å². The zero-order valence-electron chi connectivity index (χ0n) is 8.25. The maximum atomic E-state index is 11.7. The number of rotatable bonds is 2. The largest absolute Gasteiger partial charge is 0.341 e. The van der Waals surface area contributed by atoms with Crippen LogP contribution in [0.4, 0.5) is 0 Å². The standard InChI is InChI=1S/C9H19N3O/c1-8(11-10)9(13)12-6-4-2-3-5-7-12/h8,11H,2-7,10H2,1H3. The van der Waals surface area contributed by atoms with Crippen molar-refractivity contribution >= 4 is 5.91 Å². The lowest BCUT2D eigenvalue weighted by Gasteiger charge is -2.23. The molecule has 0 aromatic rings. The van der Waals surface area contributed by atoms with E-state index in [-0.39, 0.29) is 11.9 Å². The number of nitrogens with zero attached hydrogens (tertiary/aromatic N) is 1. The van der Waals surface area contributed by atoms with Crippen LogP contribution in [-0.2, 0) is 4.79 Å². The van der Waals surface area contributed by atoms with Gasteiger partial charge in [0, 0.05) is 13.1 Å². The molecule has 1 aliphatic rings. The first-order chi connectivity index (χ1) is 6.25. The van der Waals surface area contributed by atoms with Crippen LogP contribution in [-0.4, -0.2) is 29.9 Å². The molecule has 3 N–H and O–H groups in total. The molecular formula is C9H19N3O. The number of amides is 1. The summed E-state index contributed by atoms with van der Waals surface area (Å²) >= 11 is 0. The number of hydrazine groups is 1. The van der Waals surface area contributed by atoms with E-state index in [9.17, 15) is 4.79 Å². The highest BCUT2D eigenvalue weighted by molar-refractivity contribution is 5.81. The Hall–Kier alpha value is -0.610. The second-order valence-electron chi connectivity index (χ2n) is 3.63. The van der Waals surface area contributed by atoms with Crippen molar-refractivity contribution in [1.82, 2.24) is 10.3 Å². The molecular weight excluding hydrogens is 166 g/mol. The van der Waals surface area contributed by atoms with Gasteiger partial charge in [-0.1, -0.05) is 12.8 Å². The Labute approximate surface area is 79.4 Å². The number of carbonyl (C=O) groups is 1. The van der Waals surface area contributed by atoms with Crippen molar-refractivity contribution in [3.05, 3.63) is 0 Å². The molecule has 1 rings (SSSR count). The van der Waals surface area contributed by atoms with Crippen LogP contribution in [0.25, 0.3) is 0 Å². The van der Waals surface area contributed by atoms with Crippen molar-refractivity contribution in [2.45, 2.75) is 38.6 Å². The normalized spacial score (nSPS) is 20.9. The summed E-state index contributed by atoms with van der Waals surface area (Å²) in [4.78, 5) is 13.6. The lowest BCUT2D eigenvalue weighted by atomic mass is 10.2. The van der Waals surface area contributed by atoms with Crippen LogP contribution in [0.3, 0.4) is 0 Å². The average Bonchev–Trinajstić information content (AvgIpc) is 2.43. The number of carbonyl (C=O) groups excluding carboxylic acids is 1. The lowest BCUT2D eigenvalue weighted by Crippen LogP contribution is -2.47. The molecule has 0 radical (unpaired) electrons. The van der Waals surface area contributed by atoms with Crippen LogP contribution >= 0.6 is 0 Å². The third kappa shape index (κ3) is 2.97. The monoisotopic (exact) mass is 185 g/mol. The summed E-state index contributed by atoms with van der Waals surface area (Å²) in [5.74, 6) is 5.35. The summed E-state index contributed by atoms with van der Waals surface area (Å²) in [5, 5.41) is 0. The van der Waals surface area contributed by atoms with Gasteiger partial charge in [-0.15, -0.1) is 0 Å². The molecule has 0 aromatic carbocycles. The first-order valence-electron chi connectivity index (χ1n) is 5.00. The molecule has 1 unspecified atom stereocenters. The van der Waals surface area contributed by atoms with E-state index in [0.717, 1.165) is 25.9 Å². The highest BCUT2D eigenvalue weighted by atomic mass is 16.2. The van der Waals surface area contributed by atoms with Gasteiger partial charge in [-0.3, -0.25) is 10.6 Å². The van der Waals surface area contributed by atoms with Crippen molar-refractivity contribution in [2.24, 2.45) is 5.84 Å². The molecule has 1 atom stereocenters. The number of hydrogen-bond acceptors (Lipinski definition) is 3. The highest BCUT2D eigenvalue weighted by Crippen LogP contribution is 2.10. The minimum atomic E-state index is -0.252. The maximum absolute atomic E-state index is 11.7. The minimum Gasteiger partial charge on any atom is -0.341 e. The van der Waals surface area contributed by atoms with E-state index in [1.54, 1.807) is 6.92 Å². The van der Waals surface area contributed by atoms with Crippen LogP contribution in [0, 0.1) is 0 Å². The highest BCUT2D eigenvalue weighted by Gasteiger charge is 2.19. The van der Waals surface area contributed by atoms with E-state index in [4.69, 9.17) is 5.84 Å². The second-order valence-corrected chi connectivity index (χ2v) is 3.63. The second kappa shape index (κ2) is 5.19. The fourth-order valence-electron chi connectivity index (χ4n) is 1.64. The van der Waals surface area contributed by atoms with Crippen LogP contribution in [0.5, 0.6) is 0 Å². The summed E-state index contributed by atoms with van der Waals surface area (Å²) in [6.45, 7) is 3.59. The van der Waals surface area contributed by atoms with Gasteiger partial charge in [0.25, 0.3) is 0 Å². The van der Waals surface area contributed by atoms with Gasteiger partial charge in [-0.2, -0.15) is 0 Å². The third-order valence-corrected chi connectivity index (χ3v) is 2.54. The molecule has 76 valence electrons. The molecule has 0 saturated carbocycles. The molecule has 1 aliphatic heterocycles. The Morgan fingerprint density at radius 2 is 1.85 bits per heavy atom. The van der Waals surface area contributed by atoms with E-state index < -0.39 is 0 Å². The average molecular weight is 185 g/mol. The fourth-order valence-corrected chi connectivity index (χ4v) is 1.64. The Balaban J connectivity index is 2.43. The molecule has 1 saturated heterocycles. The summed E-state index contributed by atoms with van der Waals surface area (Å²) in [6.07, 6.45) is 4.74. The van der Waals surface area contributed by atoms with Crippen molar-refractivity contribution < 1.29 is 4.79 Å². The molecule has 0 aliphatic carbocycles. The van der Waals surface area contributed by atoms with Gasteiger partial charge in [0.05, 0.1) is 6.04 Å². The number of nitrogens with two attached hydrogens (primary N) is 1. The molecule has 1 fully saturated rings. The first kappa shape index (κ1) is 10.5. The van der Waals surface area contributed by atoms with Crippen molar-refractivity contribution in [3.63, 3.8) is 0 Å².